The van der Waals surface area contributed by atoms with Gasteiger partial charge in [-0.15, -0.1) is 0 Å². The monoisotopic (exact) mass is 506 g/mol. The molecule has 2 N–H and O–H groups in total. The minimum Gasteiger partial charge on any atom is -0.508 e. The van der Waals surface area contributed by atoms with Crippen molar-refractivity contribution in [2.75, 3.05) is 26.2 Å². The van der Waals surface area contributed by atoms with Gasteiger partial charge >= 0.3 is 0 Å². The quantitative estimate of drug-likeness (QED) is 0.540. The lowest BCUT2D eigenvalue weighted by Crippen LogP contribution is -2.67. The van der Waals surface area contributed by atoms with Crippen LogP contribution in [0.4, 0.5) is 0 Å². The molecule has 2 fully saturated rings. The van der Waals surface area contributed by atoms with Gasteiger partial charge in [-0.1, -0.05) is 48.5 Å². The number of aliphatic hydroxyl groups is 1. The summed E-state index contributed by atoms with van der Waals surface area (Å²) in [4.78, 5) is 2.67. The molecule has 190 valence electrons. The molecule has 36 heavy (non-hydrogen) atoms. The maximum Gasteiger partial charge on any atom is 0.243 e. The number of phenolic OH excluding ortho intramolecular Hbond substituents is 1. The van der Waals surface area contributed by atoms with Crippen LogP contribution in [0, 0.1) is 13.8 Å². The molecular weight excluding hydrogens is 472 g/mol. The molecule has 6 nitrogen and oxygen atoms in total. The van der Waals surface area contributed by atoms with E-state index in [-0.39, 0.29) is 30.4 Å². The fourth-order valence-corrected chi connectivity index (χ4v) is 7.69. The molecule has 2 saturated heterocycles. The highest BCUT2D eigenvalue weighted by atomic mass is 32.2. The molecule has 5 rings (SSSR count). The van der Waals surface area contributed by atoms with Crippen molar-refractivity contribution in [3.8, 4) is 16.9 Å². The zero-order valence-electron chi connectivity index (χ0n) is 20.8. The highest BCUT2D eigenvalue weighted by Gasteiger charge is 2.50. The summed E-state index contributed by atoms with van der Waals surface area (Å²) in [6.45, 7) is 5.66. The number of sulfonamides is 1. The fourth-order valence-electron chi connectivity index (χ4n) is 5.97. The minimum absolute atomic E-state index is 0.0162. The summed E-state index contributed by atoms with van der Waals surface area (Å²) >= 11 is 0. The Morgan fingerprint density at radius 1 is 0.917 bits per heavy atom. The van der Waals surface area contributed by atoms with E-state index >= 15 is 0 Å². The van der Waals surface area contributed by atoms with Crippen molar-refractivity contribution in [2.45, 2.75) is 49.6 Å². The van der Waals surface area contributed by atoms with Crippen molar-refractivity contribution in [1.29, 1.82) is 0 Å². The number of rotatable bonds is 5. The van der Waals surface area contributed by atoms with Gasteiger partial charge in [0.1, 0.15) is 5.75 Å². The number of aliphatic hydroxyl groups excluding tert-OH is 1. The Hall–Kier alpha value is -2.71. The summed E-state index contributed by atoms with van der Waals surface area (Å²) in [5, 5.41) is 20.0. The smallest absolute Gasteiger partial charge is 0.243 e. The van der Waals surface area contributed by atoms with Crippen LogP contribution in [0.25, 0.3) is 11.1 Å². The first-order chi connectivity index (χ1) is 17.3. The molecule has 0 saturated carbocycles. The molecule has 3 aromatic rings. The Kier molecular flexibility index (Phi) is 6.92. The van der Waals surface area contributed by atoms with E-state index in [1.54, 1.807) is 28.6 Å². The van der Waals surface area contributed by atoms with Gasteiger partial charge < -0.3 is 10.2 Å². The first-order valence-corrected chi connectivity index (χ1v) is 14.1. The van der Waals surface area contributed by atoms with Gasteiger partial charge in [0, 0.05) is 31.1 Å². The van der Waals surface area contributed by atoms with Crippen LogP contribution in [0.15, 0.2) is 71.6 Å². The first kappa shape index (κ1) is 25.0. The van der Waals surface area contributed by atoms with Crippen LogP contribution in [0.1, 0.15) is 35.4 Å². The third-order valence-corrected chi connectivity index (χ3v) is 9.89. The number of aryl methyl sites for hydroxylation is 2. The number of aromatic hydroxyl groups is 1. The van der Waals surface area contributed by atoms with Gasteiger partial charge in [-0.05, 0) is 79.3 Å². The van der Waals surface area contributed by atoms with E-state index in [9.17, 15) is 18.6 Å². The highest BCUT2D eigenvalue weighted by molar-refractivity contribution is 7.89. The van der Waals surface area contributed by atoms with E-state index in [0.717, 1.165) is 47.2 Å². The Morgan fingerprint density at radius 3 is 2.33 bits per heavy atom. The molecule has 7 heteroatoms. The average Bonchev–Trinajstić information content (AvgIpc) is 2.83. The van der Waals surface area contributed by atoms with E-state index in [4.69, 9.17) is 0 Å². The highest BCUT2D eigenvalue weighted by Crippen LogP contribution is 2.43. The summed E-state index contributed by atoms with van der Waals surface area (Å²) in [7, 11) is -3.61. The van der Waals surface area contributed by atoms with E-state index < -0.39 is 10.0 Å². The lowest BCUT2D eigenvalue weighted by atomic mass is 9.74. The topological polar surface area (TPSA) is 81.1 Å². The van der Waals surface area contributed by atoms with Crippen molar-refractivity contribution in [3.05, 3.63) is 83.4 Å². The van der Waals surface area contributed by atoms with Crippen LogP contribution < -0.4 is 0 Å². The molecule has 1 unspecified atom stereocenters. The van der Waals surface area contributed by atoms with Crippen molar-refractivity contribution < 1.29 is 18.6 Å². The molecule has 2 aliphatic rings. The average molecular weight is 507 g/mol. The fraction of sp³-hybridized carbons (Fsp3) is 0.379. The van der Waals surface area contributed by atoms with Gasteiger partial charge in [-0.3, -0.25) is 4.90 Å². The molecule has 2 aliphatic heterocycles. The Balaban J connectivity index is 1.44. The number of benzene rings is 3. The van der Waals surface area contributed by atoms with Gasteiger partial charge in [-0.2, -0.15) is 4.31 Å². The van der Waals surface area contributed by atoms with Crippen LogP contribution >= 0.6 is 0 Å². The number of phenols is 1. The van der Waals surface area contributed by atoms with Crippen molar-refractivity contribution in [2.24, 2.45) is 0 Å². The molecule has 3 aromatic carbocycles. The SMILES string of the molecule is Cc1cc(O)ccc1-c1ccc([C@@H]2C(CO)N3CCCCN(S(=O)(=O)c4ccccc4C)C[C@@H]23)cc1. The first-order valence-electron chi connectivity index (χ1n) is 12.6. The lowest BCUT2D eigenvalue weighted by Gasteiger charge is -2.57. The summed E-state index contributed by atoms with van der Waals surface area (Å²) < 4.78 is 28.9. The van der Waals surface area contributed by atoms with Crippen LogP contribution in [0.2, 0.25) is 0 Å². The molecular formula is C29H34N2O4S. The number of fused-ring (bicyclic) bond motifs is 1. The van der Waals surface area contributed by atoms with E-state index in [0.29, 0.717) is 18.0 Å². The van der Waals surface area contributed by atoms with Crippen LogP contribution in [0.3, 0.4) is 0 Å². The second-order valence-corrected chi connectivity index (χ2v) is 11.9. The molecule has 0 aromatic heterocycles. The largest absolute Gasteiger partial charge is 0.508 e. The molecule has 0 amide bonds. The maximum absolute atomic E-state index is 13.6. The molecule has 0 bridgehead atoms. The maximum atomic E-state index is 13.6. The van der Waals surface area contributed by atoms with E-state index in [1.807, 2.05) is 32.0 Å². The zero-order valence-corrected chi connectivity index (χ0v) is 21.7. The predicted octanol–water partition coefficient (Wildman–Crippen LogP) is 4.29. The third kappa shape index (κ3) is 4.45. The Labute approximate surface area is 213 Å². The molecule has 0 spiro atoms. The van der Waals surface area contributed by atoms with Crippen LogP contribution in [-0.4, -0.2) is 66.2 Å². The van der Waals surface area contributed by atoms with Crippen LogP contribution in [-0.2, 0) is 10.0 Å². The van der Waals surface area contributed by atoms with Crippen molar-refractivity contribution >= 4 is 10.0 Å². The molecule has 2 heterocycles. The summed E-state index contributed by atoms with van der Waals surface area (Å²) in [5.41, 5.74) is 5.01. The normalized spacial score (nSPS) is 23.4. The summed E-state index contributed by atoms with van der Waals surface area (Å²) in [6.07, 6.45) is 1.70. The standard InChI is InChI=1S/C29H34N2O4S/c1-20-7-3-4-8-28(20)36(34,35)30-15-5-6-16-31-26(18-30)29(27(31)19-32)23-11-9-22(10-12-23)25-14-13-24(33)17-21(25)2/h3-4,7-14,17,26-27,29,32-33H,5-6,15-16,18-19H2,1-2H3/t26-,27?,29-/m0/s1. The molecule has 3 atom stereocenters. The summed E-state index contributed by atoms with van der Waals surface area (Å²) in [5.74, 6) is 0.306. The van der Waals surface area contributed by atoms with Gasteiger partial charge in [-0.25, -0.2) is 8.42 Å². The van der Waals surface area contributed by atoms with E-state index in [1.165, 1.54) is 0 Å². The van der Waals surface area contributed by atoms with Crippen molar-refractivity contribution in [1.82, 2.24) is 9.21 Å². The molecule has 0 radical (unpaired) electrons. The number of hydrogen-bond donors (Lipinski definition) is 2. The predicted molar refractivity (Wildman–Crippen MR) is 142 cm³/mol. The van der Waals surface area contributed by atoms with Gasteiger partial charge in [0.05, 0.1) is 11.5 Å². The minimum atomic E-state index is -3.61. The molecule has 0 aliphatic carbocycles. The summed E-state index contributed by atoms with van der Waals surface area (Å²) in [6, 6.07) is 20.9. The Bertz CT molecular complexity index is 1340. The third-order valence-electron chi connectivity index (χ3n) is 7.86. The zero-order chi connectivity index (χ0) is 25.4. The van der Waals surface area contributed by atoms with Crippen molar-refractivity contribution in [3.63, 3.8) is 0 Å². The Morgan fingerprint density at radius 2 is 1.64 bits per heavy atom. The second kappa shape index (κ2) is 9.98. The van der Waals surface area contributed by atoms with Crippen LogP contribution in [0.5, 0.6) is 5.75 Å². The van der Waals surface area contributed by atoms with Gasteiger partial charge in [0.25, 0.3) is 0 Å². The second-order valence-electron chi connectivity index (χ2n) is 10.0. The van der Waals surface area contributed by atoms with Gasteiger partial charge in [0.15, 0.2) is 0 Å². The van der Waals surface area contributed by atoms with Gasteiger partial charge in [0.2, 0.25) is 10.0 Å². The van der Waals surface area contributed by atoms with E-state index in [2.05, 4.69) is 29.2 Å². The lowest BCUT2D eigenvalue weighted by molar-refractivity contribution is -0.0553. The number of nitrogens with zero attached hydrogens (tertiary/aromatic N) is 2. The number of hydrogen-bond acceptors (Lipinski definition) is 5.